The van der Waals surface area contributed by atoms with Crippen LogP contribution < -0.4 is 5.06 Å². The van der Waals surface area contributed by atoms with E-state index in [2.05, 4.69) is 0 Å². The largest absolute Gasteiger partial charge is 0.753 e. The smallest absolute Gasteiger partial charge is 0.411 e. The number of nitrogens with zero attached hydrogens (tertiary/aromatic N) is 3. The number of hydrogen-bond donors (Lipinski definition) is 2. The Morgan fingerprint density at radius 3 is 2.80 bits per heavy atom. The van der Waals surface area contributed by atoms with Gasteiger partial charge < -0.3 is 25.2 Å². The third-order valence-corrected chi connectivity index (χ3v) is 2.78. The van der Waals surface area contributed by atoms with Crippen molar-refractivity contribution in [3.8, 4) is 0 Å². The molecule has 0 saturated carbocycles. The molecule has 0 spiro atoms. The van der Waals surface area contributed by atoms with Gasteiger partial charge in [-0.25, -0.2) is 4.84 Å². The number of methoxy groups -OCH3 is 1. The van der Waals surface area contributed by atoms with Gasteiger partial charge in [0, 0.05) is 19.8 Å². The molecule has 20 heavy (non-hydrogen) atoms. The number of nitroso groups, excluding NO2 is 1. The maximum Gasteiger partial charge on any atom is 0.411 e. The standard InChI is InChI=1S/C11H15N3O6/c1-19-11(16)12(17)9-5-2-3-6-10(9)13(18)14(11)20-8-4-7-15/h2-3,5-6,15-16H,4,7-8H2,1H3. The summed E-state index contributed by atoms with van der Waals surface area (Å²) in [4.78, 5) is 17.4. The van der Waals surface area contributed by atoms with Crippen LogP contribution in [0.4, 0.5) is 11.4 Å². The summed E-state index contributed by atoms with van der Waals surface area (Å²) in [6.45, 7) is -0.229. The van der Waals surface area contributed by atoms with Crippen LogP contribution in [0.2, 0.25) is 0 Å². The second kappa shape index (κ2) is 5.69. The molecule has 1 atom stereocenters. The molecule has 1 aliphatic heterocycles. The summed E-state index contributed by atoms with van der Waals surface area (Å²) in [6, 6.07) is 3.29. The summed E-state index contributed by atoms with van der Waals surface area (Å²) >= 11 is 0. The molecular formula is C11H15N3O6. The number of hydrogen-bond acceptors (Lipinski definition) is 7. The monoisotopic (exact) mass is 285 g/mol. The number of ether oxygens (including phenoxy) is 1. The van der Waals surface area contributed by atoms with Crippen LogP contribution in [0.15, 0.2) is 24.3 Å². The number of rotatable bonds is 5. The lowest BCUT2D eigenvalue weighted by atomic mass is 10.2. The van der Waals surface area contributed by atoms with Crippen LogP contribution in [-0.4, -0.2) is 46.6 Å². The molecule has 0 saturated heterocycles. The van der Waals surface area contributed by atoms with Crippen molar-refractivity contribution < 1.29 is 24.7 Å². The molecule has 1 aliphatic rings. The Morgan fingerprint density at radius 2 is 2.15 bits per heavy atom. The Hall–Kier alpha value is -1.78. The fraction of sp³-hybridized carbons (Fsp3) is 0.455. The number of hydrazine groups is 1. The van der Waals surface area contributed by atoms with Crippen molar-refractivity contribution in [3.63, 3.8) is 0 Å². The molecule has 1 heterocycles. The predicted molar refractivity (Wildman–Crippen MR) is 67.0 cm³/mol. The van der Waals surface area contributed by atoms with Gasteiger partial charge in [-0.05, 0) is 12.5 Å². The molecule has 0 aliphatic carbocycles. The van der Waals surface area contributed by atoms with E-state index in [1.54, 1.807) is 12.1 Å². The Balaban J connectivity index is 2.38. The fourth-order valence-electron chi connectivity index (χ4n) is 1.76. The fourth-order valence-corrected chi connectivity index (χ4v) is 1.76. The Bertz CT molecular complexity index is 499. The lowest BCUT2D eigenvalue weighted by molar-refractivity contribution is -0.777. The first-order chi connectivity index (χ1) is 9.56. The average molecular weight is 285 g/mol. The topological polar surface area (TPSA) is 109 Å². The average Bonchev–Trinajstić information content (AvgIpc) is 2.48. The molecule has 9 heteroatoms. The van der Waals surface area contributed by atoms with Gasteiger partial charge in [-0.15, -0.1) is 0 Å². The van der Waals surface area contributed by atoms with Crippen molar-refractivity contribution in [1.82, 2.24) is 5.17 Å². The van der Waals surface area contributed by atoms with Gasteiger partial charge in [0.2, 0.25) is 0 Å². The number of para-hydroxylation sites is 2. The summed E-state index contributed by atoms with van der Waals surface area (Å²) in [5, 5.41) is 31.6. The summed E-state index contributed by atoms with van der Waals surface area (Å²) in [5.74, 6) is 0. The van der Waals surface area contributed by atoms with E-state index >= 15 is 0 Å². The Labute approximate surface area is 114 Å². The van der Waals surface area contributed by atoms with Gasteiger partial charge in [0.25, 0.3) is 0 Å². The van der Waals surface area contributed by atoms with Crippen molar-refractivity contribution in [3.05, 3.63) is 34.4 Å². The van der Waals surface area contributed by atoms with Crippen molar-refractivity contribution in [2.45, 2.75) is 12.5 Å². The molecule has 0 radical (unpaired) electrons. The van der Waals surface area contributed by atoms with Crippen LogP contribution in [0.3, 0.4) is 0 Å². The zero-order chi connectivity index (χ0) is 14.8. The SMILES string of the molecule is COC1(O)N([O-])c2ccccc2[N+](=O)N1OCCCO. The summed E-state index contributed by atoms with van der Waals surface area (Å²) < 4.78 is 4.73. The molecule has 2 N–H and O–H groups in total. The molecule has 1 unspecified atom stereocenters. The second-order valence-electron chi connectivity index (χ2n) is 4.02. The quantitative estimate of drug-likeness (QED) is 0.448. The predicted octanol–water partition coefficient (Wildman–Crippen LogP) is 0.196. The van der Waals surface area contributed by atoms with Crippen LogP contribution >= 0.6 is 0 Å². The van der Waals surface area contributed by atoms with Gasteiger partial charge in [-0.1, -0.05) is 12.1 Å². The minimum Gasteiger partial charge on any atom is -0.753 e. The number of hydroxylamine groups is 2. The minimum atomic E-state index is -2.62. The van der Waals surface area contributed by atoms with Gasteiger partial charge in [-0.3, -0.25) is 0 Å². The molecular weight excluding hydrogens is 270 g/mol. The number of aliphatic hydroxyl groups excluding tert-OH is 1. The second-order valence-corrected chi connectivity index (χ2v) is 4.02. The molecule has 0 fully saturated rings. The first-order valence-electron chi connectivity index (χ1n) is 5.91. The first-order valence-corrected chi connectivity index (χ1v) is 5.91. The molecule has 1 aromatic rings. The van der Waals surface area contributed by atoms with Crippen LogP contribution in [0, 0.1) is 10.1 Å². The summed E-state index contributed by atoms with van der Waals surface area (Å²) in [6.07, 6.45) is 0.227. The van der Waals surface area contributed by atoms with E-state index in [9.17, 15) is 15.2 Å². The number of benzene rings is 1. The zero-order valence-corrected chi connectivity index (χ0v) is 10.8. The first kappa shape index (κ1) is 14.6. The molecule has 1 aromatic carbocycles. The third kappa shape index (κ3) is 2.21. The van der Waals surface area contributed by atoms with Crippen molar-refractivity contribution >= 4 is 11.4 Å². The normalized spacial score (nSPS) is 22.1. The molecule has 110 valence electrons. The van der Waals surface area contributed by atoms with Gasteiger partial charge >= 0.3 is 11.7 Å². The highest BCUT2D eigenvalue weighted by Gasteiger charge is 2.55. The zero-order valence-electron chi connectivity index (χ0n) is 10.8. The molecule has 0 amide bonds. The van der Waals surface area contributed by atoms with E-state index in [0.717, 1.165) is 7.11 Å². The summed E-state index contributed by atoms with van der Waals surface area (Å²) in [7, 11) is 1.06. The molecule has 9 nitrogen and oxygen atoms in total. The van der Waals surface area contributed by atoms with E-state index in [-0.39, 0.29) is 40.9 Å². The number of anilines is 1. The summed E-state index contributed by atoms with van der Waals surface area (Å²) in [5.41, 5.74) is -0.0397. The van der Waals surface area contributed by atoms with Crippen LogP contribution in [0.5, 0.6) is 0 Å². The van der Waals surface area contributed by atoms with Gasteiger partial charge in [-0.2, -0.15) is 0 Å². The molecule has 0 bridgehead atoms. The van der Waals surface area contributed by atoms with Crippen LogP contribution in [-0.2, 0) is 9.57 Å². The highest BCUT2D eigenvalue weighted by Crippen LogP contribution is 2.39. The number of fused-ring (bicyclic) bond motifs is 1. The Kier molecular flexibility index (Phi) is 4.16. The van der Waals surface area contributed by atoms with E-state index in [1.165, 1.54) is 12.1 Å². The lowest BCUT2D eigenvalue weighted by Crippen LogP contribution is -2.65. The van der Waals surface area contributed by atoms with E-state index < -0.39 is 6.03 Å². The van der Waals surface area contributed by atoms with Crippen molar-refractivity contribution in [2.24, 2.45) is 0 Å². The highest BCUT2D eigenvalue weighted by molar-refractivity contribution is 5.64. The number of aliphatic hydroxyl groups is 2. The van der Waals surface area contributed by atoms with Crippen molar-refractivity contribution in [1.29, 1.82) is 0 Å². The highest BCUT2D eigenvalue weighted by atomic mass is 16.8. The maximum absolute atomic E-state index is 12.2. The van der Waals surface area contributed by atoms with Crippen LogP contribution in [0.25, 0.3) is 0 Å². The molecule has 0 aromatic heterocycles. The van der Waals surface area contributed by atoms with E-state index in [0.29, 0.717) is 5.17 Å². The third-order valence-electron chi connectivity index (χ3n) is 2.78. The van der Waals surface area contributed by atoms with Crippen molar-refractivity contribution in [2.75, 3.05) is 25.4 Å². The Morgan fingerprint density at radius 1 is 1.45 bits per heavy atom. The minimum absolute atomic E-state index is 0.00761. The maximum atomic E-state index is 12.2. The van der Waals surface area contributed by atoms with Gasteiger partial charge in [0.15, 0.2) is 4.87 Å². The van der Waals surface area contributed by atoms with Crippen LogP contribution in [0.1, 0.15) is 6.42 Å². The van der Waals surface area contributed by atoms with Gasteiger partial charge in [0.1, 0.15) is 5.69 Å². The van der Waals surface area contributed by atoms with Gasteiger partial charge in [0.05, 0.1) is 16.7 Å². The lowest BCUT2D eigenvalue weighted by Gasteiger charge is -2.46. The molecule has 2 rings (SSSR count). The van der Waals surface area contributed by atoms with E-state index in [1.807, 2.05) is 0 Å². The van der Waals surface area contributed by atoms with E-state index in [4.69, 9.17) is 14.7 Å².